The standard InChI is InChI=1S/C8H19N3O/c1-7(4-5-11(2)3)10-8(12)6-9/h7H,4-6,9H2,1-3H3,(H,10,12). The van der Waals surface area contributed by atoms with Crippen molar-refractivity contribution in [2.45, 2.75) is 19.4 Å². The lowest BCUT2D eigenvalue weighted by Gasteiger charge is -2.15. The molecular formula is C8H19N3O. The third-order valence-corrected chi connectivity index (χ3v) is 1.60. The second-order valence-corrected chi connectivity index (χ2v) is 3.26. The Morgan fingerprint density at radius 2 is 2.17 bits per heavy atom. The van der Waals surface area contributed by atoms with E-state index in [2.05, 4.69) is 10.2 Å². The Morgan fingerprint density at radius 1 is 1.58 bits per heavy atom. The van der Waals surface area contributed by atoms with Crippen molar-refractivity contribution < 1.29 is 4.79 Å². The van der Waals surface area contributed by atoms with E-state index < -0.39 is 0 Å². The Labute approximate surface area is 74.1 Å². The number of rotatable bonds is 5. The molecule has 0 radical (unpaired) electrons. The van der Waals surface area contributed by atoms with E-state index >= 15 is 0 Å². The van der Waals surface area contributed by atoms with E-state index in [9.17, 15) is 4.79 Å². The maximum Gasteiger partial charge on any atom is 0.233 e. The average molecular weight is 173 g/mol. The number of hydrogen-bond acceptors (Lipinski definition) is 3. The van der Waals surface area contributed by atoms with E-state index in [4.69, 9.17) is 5.73 Å². The van der Waals surface area contributed by atoms with Crippen molar-refractivity contribution in [1.29, 1.82) is 0 Å². The van der Waals surface area contributed by atoms with Crippen molar-refractivity contribution in [3.63, 3.8) is 0 Å². The van der Waals surface area contributed by atoms with Crippen LogP contribution in [0.1, 0.15) is 13.3 Å². The molecule has 0 spiro atoms. The van der Waals surface area contributed by atoms with Crippen LogP contribution in [0.3, 0.4) is 0 Å². The van der Waals surface area contributed by atoms with Crippen molar-refractivity contribution in [3.05, 3.63) is 0 Å². The smallest absolute Gasteiger partial charge is 0.233 e. The molecule has 12 heavy (non-hydrogen) atoms. The quantitative estimate of drug-likeness (QED) is 0.584. The number of carbonyl (C=O) groups is 1. The van der Waals surface area contributed by atoms with Crippen LogP contribution in [-0.4, -0.2) is 44.0 Å². The largest absolute Gasteiger partial charge is 0.353 e. The van der Waals surface area contributed by atoms with Crippen molar-refractivity contribution in [1.82, 2.24) is 10.2 Å². The summed E-state index contributed by atoms with van der Waals surface area (Å²) in [6.45, 7) is 3.04. The number of carbonyl (C=O) groups excluding carboxylic acids is 1. The molecule has 0 saturated heterocycles. The first-order valence-electron chi connectivity index (χ1n) is 4.20. The molecule has 0 heterocycles. The molecule has 0 bridgehead atoms. The second kappa shape index (κ2) is 5.97. The normalized spacial score (nSPS) is 13.1. The molecule has 0 aromatic heterocycles. The van der Waals surface area contributed by atoms with Crippen LogP contribution in [-0.2, 0) is 4.79 Å². The first-order chi connectivity index (χ1) is 5.56. The summed E-state index contributed by atoms with van der Waals surface area (Å²) >= 11 is 0. The van der Waals surface area contributed by atoms with E-state index in [1.165, 1.54) is 0 Å². The molecule has 3 N–H and O–H groups in total. The summed E-state index contributed by atoms with van der Waals surface area (Å²) in [4.78, 5) is 12.9. The van der Waals surface area contributed by atoms with Crippen LogP contribution in [0.15, 0.2) is 0 Å². The van der Waals surface area contributed by atoms with Crippen LogP contribution in [0.5, 0.6) is 0 Å². The van der Waals surface area contributed by atoms with Gasteiger partial charge in [-0.3, -0.25) is 4.79 Å². The minimum Gasteiger partial charge on any atom is -0.353 e. The van der Waals surface area contributed by atoms with Gasteiger partial charge >= 0.3 is 0 Å². The van der Waals surface area contributed by atoms with Crippen LogP contribution in [0.4, 0.5) is 0 Å². The van der Waals surface area contributed by atoms with Gasteiger partial charge in [-0.2, -0.15) is 0 Å². The maximum atomic E-state index is 10.8. The average Bonchev–Trinajstić information content (AvgIpc) is 2.00. The van der Waals surface area contributed by atoms with Crippen molar-refractivity contribution in [2.75, 3.05) is 27.2 Å². The lowest BCUT2D eigenvalue weighted by molar-refractivity contribution is -0.120. The molecule has 0 aromatic carbocycles. The minimum atomic E-state index is -0.0822. The molecule has 0 rings (SSSR count). The molecule has 4 nitrogen and oxygen atoms in total. The summed E-state index contributed by atoms with van der Waals surface area (Å²) in [7, 11) is 4.02. The van der Waals surface area contributed by atoms with Gasteiger partial charge in [0, 0.05) is 6.04 Å². The van der Waals surface area contributed by atoms with Crippen LogP contribution in [0.25, 0.3) is 0 Å². The summed E-state index contributed by atoms with van der Waals surface area (Å²) in [6, 6.07) is 0.212. The highest BCUT2D eigenvalue weighted by Gasteiger charge is 2.04. The number of nitrogens with one attached hydrogen (secondary N) is 1. The molecule has 1 unspecified atom stereocenters. The number of nitrogens with two attached hydrogens (primary N) is 1. The molecule has 0 aliphatic rings. The Bertz CT molecular complexity index is 136. The van der Waals surface area contributed by atoms with Crippen LogP contribution in [0.2, 0.25) is 0 Å². The SMILES string of the molecule is CC(CCN(C)C)NC(=O)CN. The van der Waals surface area contributed by atoms with Gasteiger partial charge in [0.25, 0.3) is 0 Å². The zero-order chi connectivity index (χ0) is 9.56. The predicted molar refractivity (Wildman–Crippen MR) is 49.8 cm³/mol. The Morgan fingerprint density at radius 3 is 2.58 bits per heavy atom. The van der Waals surface area contributed by atoms with Gasteiger partial charge in [-0.15, -0.1) is 0 Å². The Balaban J connectivity index is 3.45. The zero-order valence-corrected chi connectivity index (χ0v) is 8.13. The molecule has 0 fully saturated rings. The highest BCUT2D eigenvalue weighted by molar-refractivity contribution is 5.77. The first-order valence-corrected chi connectivity index (χ1v) is 4.20. The lowest BCUT2D eigenvalue weighted by atomic mass is 10.2. The number of amides is 1. The third kappa shape index (κ3) is 6.12. The Kier molecular flexibility index (Phi) is 5.66. The van der Waals surface area contributed by atoms with Crippen LogP contribution in [0, 0.1) is 0 Å². The number of nitrogens with zero attached hydrogens (tertiary/aromatic N) is 1. The van der Waals surface area contributed by atoms with E-state index in [0.717, 1.165) is 13.0 Å². The van der Waals surface area contributed by atoms with Crippen molar-refractivity contribution >= 4 is 5.91 Å². The first kappa shape index (κ1) is 11.4. The lowest BCUT2D eigenvalue weighted by Crippen LogP contribution is -2.38. The molecule has 0 saturated carbocycles. The summed E-state index contributed by atoms with van der Waals surface area (Å²) in [5.74, 6) is -0.0822. The predicted octanol–water partition coefficient (Wildman–Crippen LogP) is -0.598. The van der Waals surface area contributed by atoms with E-state index in [0.29, 0.717) is 0 Å². The zero-order valence-electron chi connectivity index (χ0n) is 8.13. The van der Waals surface area contributed by atoms with Gasteiger partial charge < -0.3 is 16.0 Å². The third-order valence-electron chi connectivity index (χ3n) is 1.60. The summed E-state index contributed by atoms with van der Waals surface area (Å²) in [6.07, 6.45) is 0.957. The van der Waals surface area contributed by atoms with Gasteiger partial charge in [0.2, 0.25) is 5.91 Å². The summed E-state index contributed by atoms with van der Waals surface area (Å²) < 4.78 is 0. The molecule has 0 aliphatic heterocycles. The summed E-state index contributed by atoms with van der Waals surface area (Å²) in [5, 5.41) is 2.79. The second-order valence-electron chi connectivity index (χ2n) is 3.26. The fourth-order valence-electron chi connectivity index (χ4n) is 0.858. The highest BCUT2D eigenvalue weighted by atomic mass is 16.1. The van der Waals surface area contributed by atoms with Crippen molar-refractivity contribution in [2.24, 2.45) is 5.73 Å². The van der Waals surface area contributed by atoms with E-state index in [1.807, 2.05) is 21.0 Å². The van der Waals surface area contributed by atoms with Crippen LogP contribution >= 0.6 is 0 Å². The molecule has 4 heteroatoms. The van der Waals surface area contributed by atoms with Gasteiger partial charge in [-0.25, -0.2) is 0 Å². The highest BCUT2D eigenvalue weighted by Crippen LogP contribution is 1.91. The molecular weight excluding hydrogens is 154 g/mol. The van der Waals surface area contributed by atoms with Gasteiger partial charge in [0.05, 0.1) is 6.54 Å². The Hall–Kier alpha value is -0.610. The van der Waals surface area contributed by atoms with Gasteiger partial charge in [0.1, 0.15) is 0 Å². The van der Waals surface area contributed by atoms with Crippen molar-refractivity contribution in [3.8, 4) is 0 Å². The number of hydrogen-bond donors (Lipinski definition) is 2. The van der Waals surface area contributed by atoms with Crippen LogP contribution < -0.4 is 11.1 Å². The fourth-order valence-corrected chi connectivity index (χ4v) is 0.858. The minimum absolute atomic E-state index is 0.0757. The van der Waals surface area contributed by atoms with E-state index in [1.54, 1.807) is 0 Å². The molecule has 0 aromatic rings. The monoisotopic (exact) mass is 173 g/mol. The topological polar surface area (TPSA) is 58.4 Å². The van der Waals surface area contributed by atoms with Gasteiger partial charge in [0.15, 0.2) is 0 Å². The molecule has 0 aliphatic carbocycles. The van der Waals surface area contributed by atoms with Gasteiger partial charge in [-0.05, 0) is 34.0 Å². The molecule has 1 amide bonds. The summed E-state index contributed by atoms with van der Waals surface area (Å²) in [5.41, 5.74) is 5.15. The molecule has 72 valence electrons. The molecule has 1 atom stereocenters. The maximum absolute atomic E-state index is 10.8. The van der Waals surface area contributed by atoms with Gasteiger partial charge in [-0.1, -0.05) is 0 Å². The fraction of sp³-hybridized carbons (Fsp3) is 0.875. The van der Waals surface area contributed by atoms with E-state index in [-0.39, 0.29) is 18.5 Å².